The smallest absolute Gasteiger partial charge is 0.313 e. The van der Waals surface area contributed by atoms with E-state index in [-0.39, 0.29) is 6.04 Å². The zero-order valence-electron chi connectivity index (χ0n) is 17.6. The predicted octanol–water partition coefficient (Wildman–Crippen LogP) is 3.15. The van der Waals surface area contributed by atoms with E-state index in [2.05, 4.69) is 33.5 Å². The van der Waals surface area contributed by atoms with Crippen molar-refractivity contribution in [2.24, 2.45) is 7.05 Å². The van der Waals surface area contributed by atoms with E-state index in [9.17, 15) is 9.59 Å². The molecule has 2 amide bonds. The Morgan fingerprint density at radius 1 is 1.03 bits per heavy atom. The van der Waals surface area contributed by atoms with Gasteiger partial charge in [-0.3, -0.25) is 9.59 Å². The van der Waals surface area contributed by atoms with Crippen LogP contribution < -0.4 is 10.6 Å². The number of likely N-dealkylation sites (N-methyl/N-ethyl adjacent to an activating group) is 1. The third-order valence-corrected chi connectivity index (χ3v) is 5.43. The van der Waals surface area contributed by atoms with Gasteiger partial charge in [0.15, 0.2) is 0 Å². The second-order valence-corrected chi connectivity index (χ2v) is 7.60. The van der Waals surface area contributed by atoms with E-state index < -0.39 is 11.8 Å². The van der Waals surface area contributed by atoms with Crippen LogP contribution in [0.4, 0.5) is 5.69 Å². The van der Waals surface area contributed by atoms with Gasteiger partial charge in [0.2, 0.25) is 0 Å². The van der Waals surface area contributed by atoms with Crippen molar-refractivity contribution in [3.8, 4) is 0 Å². The summed E-state index contributed by atoms with van der Waals surface area (Å²) in [6.07, 6.45) is 2.08. The lowest BCUT2D eigenvalue weighted by molar-refractivity contribution is -0.136. The molecule has 1 unspecified atom stereocenters. The van der Waals surface area contributed by atoms with Crippen molar-refractivity contribution in [1.29, 1.82) is 0 Å². The lowest BCUT2D eigenvalue weighted by Crippen LogP contribution is -2.40. The Balaban J connectivity index is 1.72. The zero-order valence-corrected chi connectivity index (χ0v) is 17.6. The van der Waals surface area contributed by atoms with Gasteiger partial charge in [-0.25, -0.2) is 0 Å². The second kappa shape index (κ2) is 8.49. The molecule has 0 saturated carbocycles. The molecule has 1 heterocycles. The second-order valence-electron chi connectivity index (χ2n) is 7.60. The van der Waals surface area contributed by atoms with Crippen LogP contribution in [0.25, 0.3) is 10.9 Å². The number of rotatable bonds is 5. The van der Waals surface area contributed by atoms with Gasteiger partial charge in [0.1, 0.15) is 0 Å². The van der Waals surface area contributed by atoms with Crippen LogP contribution in [-0.4, -0.2) is 41.9 Å². The molecule has 2 aromatic carbocycles. The van der Waals surface area contributed by atoms with Crippen LogP contribution in [0, 0.1) is 13.8 Å². The monoisotopic (exact) mass is 392 g/mol. The topological polar surface area (TPSA) is 66.4 Å². The van der Waals surface area contributed by atoms with E-state index in [1.807, 2.05) is 64.2 Å². The third kappa shape index (κ3) is 4.32. The summed E-state index contributed by atoms with van der Waals surface area (Å²) in [6, 6.07) is 13.7. The van der Waals surface area contributed by atoms with Gasteiger partial charge in [-0.1, -0.05) is 30.3 Å². The van der Waals surface area contributed by atoms with Crippen LogP contribution in [0.5, 0.6) is 0 Å². The Labute approximate surface area is 171 Å². The van der Waals surface area contributed by atoms with Crippen LogP contribution in [0.3, 0.4) is 0 Å². The van der Waals surface area contributed by atoms with E-state index in [4.69, 9.17) is 0 Å². The molecule has 0 aliphatic heterocycles. The summed E-state index contributed by atoms with van der Waals surface area (Å²) in [4.78, 5) is 26.8. The highest BCUT2D eigenvalue weighted by Crippen LogP contribution is 2.28. The molecule has 29 heavy (non-hydrogen) atoms. The largest absolute Gasteiger partial charge is 0.350 e. The number of aromatic nitrogens is 1. The number of nitrogens with one attached hydrogen (secondary N) is 2. The molecule has 0 aliphatic carbocycles. The van der Waals surface area contributed by atoms with Crippen LogP contribution in [0.1, 0.15) is 22.7 Å². The molecule has 6 heteroatoms. The van der Waals surface area contributed by atoms with Crippen molar-refractivity contribution in [2.45, 2.75) is 19.9 Å². The van der Waals surface area contributed by atoms with Gasteiger partial charge in [-0.15, -0.1) is 0 Å². The maximum Gasteiger partial charge on any atom is 0.313 e. The Hall–Kier alpha value is -3.12. The van der Waals surface area contributed by atoms with Crippen LogP contribution in [0.2, 0.25) is 0 Å². The molecule has 0 aliphatic rings. The number of benzene rings is 2. The minimum absolute atomic E-state index is 0.0569. The molecule has 1 aromatic heterocycles. The average Bonchev–Trinajstić information content (AvgIpc) is 3.02. The quantitative estimate of drug-likeness (QED) is 0.656. The number of carbonyl (C=O) groups is 2. The number of nitrogens with zero attached hydrogens (tertiary/aromatic N) is 2. The molecular formula is C23H28N4O2. The molecule has 3 aromatic rings. The molecule has 0 fully saturated rings. The van der Waals surface area contributed by atoms with Gasteiger partial charge in [0.05, 0.1) is 6.04 Å². The minimum atomic E-state index is -0.658. The Morgan fingerprint density at radius 3 is 2.48 bits per heavy atom. The average molecular weight is 393 g/mol. The third-order valence-electron chi connectivity index (χ3n) is 5.43. The van der Waals surface area contributed by atoms with Crippen molar-refractivity contribution in [1.82, 2.24) is 14.8 Å². The zero-order chi connectivity index (χ0) is 21.1. The molecular weight excluding hydrogens is 364 g/mol. The summed E-state index contributed by atoms with van der Waals surface area (Å²) in [7, 11) is 5.94. The number of aryl methyl sites for hydroxylation is 2. The fourth-order valence-corrected chi connectivity index (χ4v) is 3.54. The van der Waals surface area contributed by atoms with Crippen molar-refractivity contribution < 1.29 is 9.59 Å². The molecule has 0 saturated heterocycles. The van der Waals surface area contributed by atoms with Gasteiger partial charge < -0.3 is 20.1 Å². The first-order valence-electron chi connectivity index (χ1n) is 9.65. The van der Waals surface area contributed by atoms with E-state index in [1.54, 1.807) is 6.07 Å². The summed E-state index contributed by atoms with van der Waals surface area (Å²) in [5.41, 5.74) is 4.92. The lowest BCUT2D eigenvalue weighted by atomic mass is 10.0. The van der Waals surface area contributed by atoms with E-state index in [0.717, 1.165) is 27.6 Å². The van der Waals surface area contributed by atoms with Gasteiger partial charge in [0, 0.05) is 36.4 Å². The van der Waals surface area contributed by atoms with Crippen molar-refractivity contribution >= 4 is 28.4 Å². The molecule has 0 radical (unpaired) electrons. The molecule has 0 spiro atoms. The van der Waals surface area contributed by atoms with Gasteiger partial charge in [-0.05, 0) is 56.8 Å². The van der Waals surface area contributed by atoms with Gasteiger partial charge >= 0.3 is 11.8 Å². The first kappa shape index (κ1) is 20.6. The van der Waals surface area contributed by atoms with Crippen LogP contribution in [0.15, 0.2) is 48.7 Å². The summed E-state index contributed by atoms with van der Waals surface area (Å²) in [6.45, 7) is 4.22. The van der Waals surface area contributed by atoms with E-state index in [0.29, 0.717) is 12.2 Å². The van der Waals surface area contributed by atoms with Crippen LogP contribution >= 0.6 is 0 Å². The lowest BCUT2D eigenvalue weighted by Gasteiger charge is -2.24. The molecule has 6 nitrogen and oxygen atoms in total. The Kier molecular flexibility index (Phi) is 6.03. The molecule has 1 atom stereocenters. The summed E-state index contributed by atoms with van der Waals surface area (Å²) < 4.78 is 2.08. The summed E-state index contributed by atoms with van der Waals surface area (Å²) >= 11 is 0. The highest BCUT2D eigenvalue weighted by Gasteiger charge is 2.22. The van der Waals surface area contributed by atoms with E-state index >= 15 is 0 Å². The number of amides is 2. The fourth-order valence-electron chi connectivity index (χ4n) is 3.54. The first-order valence-corrected chi connectivity index (χ1v) is 9.65. The number of para-hydroxylation sites is 1. The van der Waals surface area contributed by atoms with Crippen LogP contribution in [-0.2, 0) is 16.6 Å². The van der Waals surface area contributed by atoms with Crippen molar-refractivity contribution in [2.75, 3.05) is 26.0 Å². The van der Waals surface area contributed by atoms with Gasteiger partial charge in [0.25, 0.3) is 0 Å². The molecule has 3 rings (SSSR count). The summed E-state index contributed by atoms with van der Waals surface area (Å²) in [5.74, 6) is -1.30. The number of anilines is 1. The molecule has 152 valence electrons. The Morgan fingerprint density at radius 2 is 1.76 bits per heavy atom. The summed E-state index contributed by atoms with van der Waals surface area (Å²) in [5, 5.41) is 6.64. The number of carbonyl (C=O) groups excluding carboxylic acids is 2. The number of hydrogen-bond donors (Lipinski definition) is 2. The fraction of sp³-hybridized carbons (Fsp3) is 0.304. The molecule has 0 bridgehead atoms. The van der Waals surface area contributed by atoms with Crippen molar-refractivity contribution in [3.63, 3.8) is 0 Å². The normalized spacial score (nSPS) is 12.2. The minimum Gasteiger partial charge on any atom is -0.350 e. The standard InChI is InChI=1S/C23H28N4O2/c1-15-9-8-11-19(16(15)2)25-23(29)22(28)24-13-21(26(3)4)18-14-27(5)20-12-7-6-10-17(18)20/h6-12,14,21H,13H2,1-5H3,(H,24,28)(H,25,29). The highest BCUT2D eigenvalue weighted by molar-refractivity contribution is 6.39. The highest BCUT2D eigenvalue weighted by atomic mass is 16.2. The SMILES string of the molecule is Cc1cccc(NC(=O)C(=O)NCC(c2cn(C)c3ccccc23)N(C)C)c1C. The maximum atomic E-state index is 12.4. The number of hydrogen-bond acceptors (Lipinski definition) is 3. The predicted molar refractivity (Wildman–Crippen MR) is 117 cm³/mol. The number of fused-ring (bicyclic) bond motifs is 1. The molecule has 2 N–H and O–H groups in total. The maximum absolute atomic E-state index is 12.4. The first-order chi connectivity index (χ1) is 13.8. The van der Waals surface area contributed by atoms with E-state index in [1.165, 1.54) is 0 Å². The Bertz CT molecular complexity index is 1050. The van der Waals surface area contributed by atoms with Crippen molar-refractivity contribution in [3.05, 3.63) is 65.4 Å². The van der Waals surface area contributed by atoms with Gasteiger partial charge in [-0.2, -0.15) is 0 Å².